The van der Waals surface area contributed by atoms with Gasteiger partial charge in [-0.25, -0.2) is 0 Å². The van der Waals surface area contributed by atoms with Crippen molar-refractivity contribution in [3.63, 3.8) is 0 Å². The molecule has 2 nitrogen and oxygen atoms in total. The Morgan fingerprint density at radius 2 is 1.79 bits per heavy atom. The van der Waals surface area contributed by atoms with Crippen LogP contribution < -0.4 is 5.32 Å². The van der Waals surface area contributed by atoms with Crippen molar-refractivity contribution in [3.05, 3.63) is 0 Å². The van der Waals surface area contributed by atoms with E-state index in [1.54, 1.807) is 0 Å². The zero-order valence-corrected chi connectivity index (χ0v) is 9.13. The number of nitrogens with one attached hydrogen (secondary N) is 1. The van der Waals surface area contributed by atoms with Gasteiger partial charge in [0, 0.05) is 12.6 Å². The average Bonchev–Trinajstić information content (AvgIpc) is 3.03. The predicted octanol–water partition coefficient (Wildman–Crippen LogP) is 2.48. The molecule has 2 saturated carbocycles. The smallest absolute Gasteiger partial charge is 0.0575 e. The van der Waals surface area contributed by atoms with Gasteiger partial charge in [0.05, 0.1) is 6.10 Å². The van der Waals surface area contributed by atoms with Gasteiger partial charge in [0.15, 0.2) is 0 Å². The summed E-state index contributed by atoms with van der Waals surface area (Å²) in [7, 11) is 0. The third-order valence-corrected chi connectivity index (χ3v) is 3.24. The Balaban J connectivity index is 1.41. The van der Waals surface area contributed by atoms with Crippen LogP contribution in [0.5, 0.6) is 0 Å². The van der Waals surface area contributed by atoms with E-state index in [4.69, 9.17) is 4.74 Å². The standard InChI is InChI=1S/C12H23NO/c1-2-5-12(6-3-1)14-10-4-9-13-11-7-8-11/h11-13H,1-10H2. The molecule has 0 atom stereocenters. The monoisotopic (exact) mass is 197 g/mol. The number of rotatable bonds is 6. The Bertz CT molecular complexity index is 150. The minimum absolute atomic E-state index is 0.588. The molecule has 2 heteroatoms. The molecule has 0 aromatic heterocycles. The second-order valence-corrected chi connectivity index (χ2v) is 4.71. The van der Waals surface area contributed by atoms with Gasteiger partial charge < -0.3 is 10.1 Å². The van der Waals surface area contributed by atoms with Gasteiger partial charge >= 0.3 is 0 Å². The molecule has 0 aromatic carbocycles. The summed E-state index contributed by atoms with van der Waals surface area (Å²) in [4.78, 5) is 0. The number of hydrogen-bond donors (Lipinski definition) is 1. The van der Waals surface area contributed by atoms with Crippen LogP contribution in [0.25, 0.3) is 0 Å². The van der Waals surface area contributed by atoms with E-state index in [0.717, 1.165) is 19.2 Å². The van der Waals surface area contributed by atoms with Crippen LogP contribution in [-0.2, 0) is 4.74 Å². The molecule has 2 fully saturated rings. The molecule has 0 aliphatic heterocycles. The van der Waals surface area contributed by atoms with Crippen molar-refractivity contribution in [1.82, 2.24) is 5.32 Å². The van der Waals surface area contributed by atoms with Crippen LogP contribution in [0.15, 0.2) is 0 Å². The Morgan fingerprint density at radius 3 is 2.50 bits per heavy atom. The normalized spacial score (nSPS) is 24.0. The fourth-order valence-electron chi connectivity index (χ4n) is 2.15. The fourth-order valence-corrected chi connectivity index (χ4v) is 2.15. The molecule has 0 unspecified atom stereocenters. The summed E-state index contributed by atoms with van der Waals surface area (Å²) < 4.78 is 5.85. The number of ether oxygens (including phenoxy) is 1. The highest BCUT2D eigenvalue weighted by Crippen LogP contribution is 2.20. The second kappa shape index (κ2) is 5.72. The maximum absolute atomic E-state index is 5.85. The highest BCUT2D eigenvalue weighted by Gasteiger charge is 2.19. The summed E-state index contributed by atoms with van der Waals surface area (Å²) in [5.74, 6) is 0. The van der Waals surface area contributed by atoms with Crippen molar-refractivity contribution < 1.29 is 4.74 Å². The van der Waals surface area contributed by atoms with E-state index >= 15 is 0 Å². The molecule has 0 amide bonds. The van der Waals surface area contributed by atoms with Crippen molar-refractivity contribution >= 4 is 0 Å². The zero-order valence-electron chi connectivity index (χ0n) is 9.13. The van der Waals surface area contributed by atoms with Gasteiger partial charge in [0.2, 0.25) is 0 Å². The molecule has 14 heavy (non-hydrogen) atoms. The molecular formula is C12H23NO. The maximum Gasteiger partial charge on any atom is 0.0575 e. The van der Waals surface area contributed by atoms with E-state index in [1.807, 2.05) is 0 Å². The third kappa shape index (κ3) is 3.97. The van der Waals surface area contributed by atoms with E-state index in [0.29, 0.717) is 6.10 Å². The van der Waals surface area contributed by atoms with Crippen LogP contribution >= 0.6 is 0 Å². The van der Waals surface area contributed by atoms with Crippen molar-refractivity contribution in [2.24, 2.45) is 0 Å². The summed E-state index contributed by atoms with van der Waals surface area (Å²) >= 11 is 0. The van der Waals surface area contributed by atoms with Crippen LogP contribution in [0.4, 0.5) is 0 Å². The Kier molecular flexibility index (Phi) is 4.26. The van der Waals surface area contributed by atoms with Crippen LogP contribution in [-0.4, -0.2) is 25.3 Å². The highest BCUT2D eigenvalue weighted by molar-refractivity contribution is 4.80. The van der Waals surface area contributed by atoms with Crippen molar-refractivity contribution in [3.8, 4) is 0 Å². The van der Waals surface area contributed by atoms with Crippen LogP contribution in [0.3, 0.4) is 0 Å². The van der Waals surface area contributed by atoms with E-state index in [2.05, 4.69) is 5.32 Å². The molecule has 2 aliphatic carbocycles. The molecule has 0 radical (unpaired) electrons. The summed E-state index contributed by atoms with van der Waals surface area (Å²) in [6.07, 6.45) is 11.3. The first-order valence-corrected chi connectivity index (χ1v) is 6.30. The van der Waals surface area contributed by atoms with Crippen molar-refractivity contribution in [2.75, 3.05) is 13.2 Å². The molecule has 0 saturated heterocycles. The summed E-state index contributed by atoms with van der Waals surface area (Å²) in [5.41, 5.74) is 0. The van der Waals surface area contributed by atoms with Crippen LogP contribution in [0.1, 0.15) is 51.4 Å². The van der Waals surface area contributed by atoms with E-state index < -0.39 is 0 Å². The van der Waals surface area contributed by atoms with Gasteiger partial charge in [-0.2, -0.15) is 0 Å². The fraction of sp³-hybridized carbons (Fsp3) is 1.00. The first-order valence-electron chi connectivity index (χ1n) is 6.30. The Labute approximate surface area is 87.4 Å². The predicted molar refractivity (Wildman–Crippen MR) is 58.5 cm³/mol. The Hall–Kier alpha value is -0.0800. The lowest BCUT2D eigenvalue weighted by Crippen LogP contribution is -2.21. The summed E-state index contributed by atoms with van der Waals surface area (Å²) in [6.45, 7) is 2.11. The zero-order chi connectivity index (χ0) is 9.64. The van der Waals surface area contributed by atoms with Gasteiger partial charge in [-0.05, 0) is 38.6 Å². The second-order valence-electron chi connectivity index (χ2n) is 4.71. The number of hydrogen-bond acceptors (Lipinski definition) is 2. The molecule has 82 valence electrons. The average molecular weight is 197 g/mol. The van der Waals surface area contributed by atoms with Crippen molar-refractivity contribution in [1.29, 1.82) is 0 Å². The Morgan fingerprint density at radius 1 is 1.00 bits per heavy atom. The van der Waals surface area contributed by atoms with E-state index in [-0.39, 0.29) is 0 Å². The molecule has 2 rings (SSSR count). The van der Waals surface area contributed by atoms with Gasteiger partial charge in [0.25, 0.3) is 0 Å². The molecule has 0 bridgehead atoms. The lowest BCUT2D eigenvalue weighted by Gasteiger charge is -2.21. The highest BCUT2D eigenvalue weighted by atomic mass is 16.5. The quantitative estimate of drug-likeness (QED) is 0.660. The lowest BCUT2D eigenvalue weighted by molar-refractivity contribution is 0.0273. The molecule has 0 heterocycles. The van der Waals surface area contributed by atoms with Gasteiger partial charge in [-0.15, -0.1) is 0 Å². The van der Waals surface area contributed by atoms with Gasteiger partial charge in [-0.1, -0.05) is 19.3 Å². The lowest BCUT2D eigenvalue weighted by atomic mass is 9.98. The first-order chi connectivity index (χ1) is 6.95. The maximum atomic E-state index is 5.85. The molecule has 0 spiro atoms. The largest absolute Gasteiger partial charge is 0.378 e. The SMILES string of the molecule is C1CCC(OCCCNC2CC2)CC1. The first kappa shape index (κ1) is 10.4. The summed E-state index contributed by atoms with van der Waals surface area (Å²) in [5, 5.41) is 3.51. The minimum atomic E-state index is 0.588. The van der Waals surface area contributed by atoms with Crippen LogP contribution in [0, 0.1) is 0 Å². The topological polar surface area (TPSA) is 21.3 Å². The van der Waals surface area contributed by atoms with E-state index in [1.165, 1.54) is 51.4 Å². The van der Waals surface area contributed by atoms with Crippen LogP contribution in [0.2, 0.25) is 0 Å². The molecule has 0 aromatic rings. The van der Waals surface area contributed by atoms with E-state index in [9.17, 15) is 0 Å². The van der Waals surface area contributed by atoms with Gasteiger partial charge in [0.1, 0.15) is 0 Å². The van der Waals surface area contributed by atoms with Crippen molar-refractivity contribution in [2.45, 2.75) is 63.5 Å². The molecular weight excluding hydrogens is 174 g/mol. The summed E-state index contributed by atoms with van der Waals surface area (Å²) in [6, 6.07) is 0.852. The van der Waals surface area contributed by atoms with Gasteiger partial charge in [-0.3, -0.25) is 0 Å². The third-order valence-electron chi connectivity index (χ3n) is 3.24. The minimum Gasteiger partial charge on any atom is -0.378 e. The molecule has 1 N–H and O–H groups in total. The molecule has 2 aliphatic rings.